The second-order valence-corrected chi connectivity index (χ2v) is 8.38. The van der Waals surface area contributed by atoms with Gasteiger partial charge in [0.15, 0.2) is 0 Å². The maximum Gasteiger partial charge on any atom is 0.329 e. The van der Waals surface area contributed by atoms with Gasteiger partial charge in [0, 0.05) is 10.0 Å². The Labute approximate surface area is 193 Å². The molecule has 0 spiro atoms. The summed E-state index contributed by atoms with van der Waals surface area (Å²) in [6, 6.07) is 18.7. The van der Waals surface area contributed by atoms with Crippen LogP contribution in [0.2, 0.25) is 0 Å². The highest BCUT2D eigenvalue weighted by molar-refractivity contribution is 9.10. The number of aryl methyl sites for hydroxylation is 1. The summed E-state index contributed by atoms with van der Waals surface area (Å²) in [6.45, 7) is 2.32. The van der Waals surface area contributed by atoms with Gasteiger partial charge in [-0.25, -0.2) is 9.18 Å². The fraction of sp³-hybridized carbons (Fsp3) is 0.120. The van der Waals surface area contributed by atoms with E-state index in [9.17, 15) is 14.0 Å². The summed E-state index contributed by atoms with van der Waals surface area (Å²) in [5.41, 5.74) is 3.42. The van der Waals surface area contributed by atoms with Crippen LogP contribution in [0.1, 0.15) is 22.3 Å². The number of amides is 3. The molecule has 0 aromatic heterocycles. The molecule has 0 radical (unpaired) electrons. The Bertz CT molecular complexity index is 1210. The van der Waals surface area contributed by atoms with Gasteiger partial charge in [-0.3, -0.25) is 9.69 Å². The molecule has 4 rings (SSSR count). The van der Waals surface area contributed by atoms with Gasteiger partial charge >= 0.3 is 6.03 Å². The van der Waals surface area contributed by atoms with Crippen molar-refractivity contribution in [1.82, 2.24) is 10.2 Å². The molecule has 7 heteroatoms. The number of nitrogens with zero attached hydrogens (tertiary/aromatic N) is 1. The molecule has 1 aliphatic rings. The standard InChI is InChI=1S/C25H20BrFN2O3/c1-16-5-7-17(8-6-16)14-29-24(30)22(28-25(29)31)13-19-12-20(26)9-10-23(19)32-15-18-3-2-4-21(27)11-18/h2-13H,14-15H2,1H3,(H,28,31)/b22-13+. The summed E-state index contributed by atoms with van der Waals surface area (Å²) < 4.78 is 20.1. The Morgan fingerprint density at radius 1 is 1.03 bits per heavy atom. The molecule has 5 nitrogen and oxygen atoms in total. The van der Waals surface area contributed by atoms with Crippen LogP contribution in [0, 0.1) is 12.7 Å². The minimum absolute atomic E-state index is 0.162. The molecule has 1 N–H and O–H groups in total. The lowest BCUT2D eigenvalue weighted by atomic mass is 10.1. The van der Waals surface area contributed by atoms with E-state index in [-0.39, 0.29) is 24.7 Å². The lowest BCUT2D eigenvalue weighted by Gasteiger charge is -2.12. The van der Waals surface area contributed by atoms with Crippen molar-refractivity contribution in [3.05, 3.63) is 105 Å². The fourth-order valence-corrected chi connectivity index (χ4v) is 3.68. The van der Waals surface area contributed by atoms with Crippen LogP contribution < -0.4 is 10.1 Å². The number of hydrogen-bond acceptors (Lipinski definition) is 3. The molecular formula is C25H20BrFN2O3. The summed E-state index contributed by atoms with van der Waals surface area (Å²) in [4.78, 5) is 26.5. The molecule has 3 aromatic carbocycles. The molecule has 0 aliphatic carbocycles. The first kappa shape index (κ1) is 21.8. The second-order valence-electron chi connectivity index (χ2n) is 7.47. The number of nitrogens with one attached hydrogen (secondary N) is 1. The van der Waals surface area contributed by atoms with Gasteiger partial charge < -0.3 is 10.1 Å². The summed E-state index contributed by atoms with van der Waals surface area (Å²) in [5.74, 6) is -0.243. The van der Waals surface area contributed by atoms with Crippen molar-refractivity contribution in [1.29, 1.82) is 0 Å². The quantitative estimate of drug-likeness (QED) is 0.360. The first-order valence-corrected chi connectivity index (χ1v) is 10.8. The van der Waals surface area contributed by atoms with E-state index in [2.05, 4.69) is 21.2 Å². The van der Waals surface area contributed by atoms with Crippen molar-refractivity contribution in [3.63, 3.8) is 0 Å². The number of carbonyl (C=O) groups is 2. The monoisotopic (exact) mass is 494 g/mol. The number of rotatable bonds is 6. The zero-order chi connectivity index (χ0) is 22.7. The minimum atomic E-state index is -0.473. The van der Waals surface area contributed by atoms with Crippen LogP contribution in [-0.4, -0.2) is 16.8 Å². The highest BCUT2D eigenvalue weighted by atomic mass is 79.9. The van der Waals surface area contributed by atoms with Gasteiger partial charge in [-0.2, -0.15) is 0 Å². The van der Waals surface area contributed by atoms with Crippen molar-refractivity contribution in [2.75, 3.05) is 0 Å². The van der Waals surface area contributed by atoms with Crippen LogP contribution in [-0.2, 0) is 17.9 Å². The Kier molecular flexibility index (Phi) is 6.37. The average molecular weight is 495 g/mol. The number of halogens is 2. The normalized spacial score (nSPS) is 14.7. The number of hydrogen-bond donors (Lipinski definition) is 1. The van der Waals surface area contributed by atoms with Gasteiger partial charge in [-0.15, -0.1) is 0 Å². The number of benzene rings is 3. The zero-order valence-corrected chi connectivity index (χ0v) is 18.9. The molecular weight excluding hydrogens is 475 g/mol. The van der Waals surface area contributed by atoms with Gasteiger partial charge in [0.05, 0.1) is 6.54 Å². The number of imide groups is 1. The minimum Gasteiger partial charge on any atom is -0.488 e. The topological polar surface area (TPSA) is 58.6 Å². The lowest BCUT2D eigenvalue weighted by Crippen LogP contribution is -2.30. The van der Waals surface area contributed by atoms with Crippen LogP contribution >= 0.6 is 15.9 Å². The van der Waals surface area contributed by atoms with Gasteiger partial charge in [-0.05, 0) is 54.5 Å². The van der Waals surface area contributed by atoms with E-state index < -0.39 is 11.9 Å². The highest BCUT2D eigenvalue weighted by Gasteiger charge is 2.33. The lowest BCUT2D eigenvalue weighted by molar-refractivity contribution is -0.123. The molecule has 32 heavy (non-hydrogen) atoms. The van der Waals surface area contributed by atoms with E-state index in [0.29, 0.717) is 16.9 Å². The second kappa shape index (κ2) is 9.36. The predicted octanol–water partition coefficient (Wildman–Crippen LogP) is 5.57. The van der Waals surface area contributed by atoms with E-state index in [1.54, 1.807) is 30.3 Å². The van der Waals surface area contributed by atoms with Crippen molar-refractivity contribution < 1.29 is 18.7 Å². The van der Waals surface area contributed by atoms with Crippen LogP contribution in [0.25, 0.3) is 6.08 Å². The van der Waals surface area contributed by atoms with Crippen LogP contribution in [0.4, 0.5) is 9.18 Å². The van der Waals surface area contributed by atoms with E-state index in [0.717, 1.165) is 15.6 Å². The molecule has 0 bridgehead atoms. The Hall–Kier alpha value is -3.45. The molecule has 1 saturated heterocycles. The van der Waals surface area contributed by atoms with Crippen LogP contribution in [0.3, 0.4) is 0 Å². The summed E-state index contributed by atoms with van der Waals surface area (Å²) in [5, 5.41) is 2.64. The SMILES string of the molecule is Cc1ccc(CN2C(=O)N/C(=C/c3cc(Br)ccc3OCc3cccc(F)c3)C2=O)cc1. The molecule has 1 heterocycles. The molecule has 1 fully saturated rings. The first-order valence-electron chi connectivity index (χ1n) is 9.96. The molecule has 0 saturated carbocycles. The number of carbonyl (C=O) groups excluding carboxylic acids is 2. The molecule has 0 unspecified atom stereocenters. The first-order chi connectivity index (χ1) is 15.4. The van der Waals surface area contributed by atoms with Gasteiger partial charge in [0.2, 0.25) is 0 Å². The molecule has 3 aromatic rings. The molecule has 0 atom stereocenters. The summed E-state index contributed by atoms with van der Waals surface area (Å²) >= 11 is 3.42. The maximum atomic E-state index is 13.4. The smallest absolute Gasteiger partial charge is 0.329 e. The Balaban J connectivity index is 1.55. The Morgan fingerprint density at radius 3 is 2.56 bits per heavy atom. The van der Waals surface area contributed by atoms with Crippen molar-refractivity contribution >= 4 is 33.9 Å². The number of ether oxygens (including phenoxy) is 1. The van der Waals surface area contributed by atoms with E-state index in [1.165, 1.54) is 17.0 Å². The Morgan fingerprint density at radius 2 is 1.81 bits per heavy atom. The third-order valence-electron chi connectivity index (χ3n) is 4.98. The van der Waals surface area contributed by atoms with Crippen molar-refractivity contribution in [2.24, 2.45) is 0 Å². The zero-order valence-electron chi connectivity index (χ0n) is 17.3. The summed E-state index contributed by atoms with van der Waals surface area (Å²) in [7, 11) is 0. The molecule has 162 valence electrons. The van der Waals surface area contributed by atoms with Crippen molar-refractivity contribution in [3.8, 4) is 5.75 Å². The molecule has 3 amide bonds. The fourth-order valence-electron chi connectivity index (χ4n) is 3.30. The van der Waals surface area contributed by atoms with Gasteiger partial charge in [0.25, 0.3) is 5.91 Å². The van der Waals surface area contributed by atoms with E-state index in [4.69, 9.17) is 4.74 Å². The third kappa shape index (κ3) is 5.06. The van der Waals surface area contributed by atoms with Gasteiger partial charge in [-0.1, -0.05) is 57.9 Å². The van der Waals surface area contributed by atoms with Crippen molar-refractivity contribution in [2.45, 2.75) is 20.1 Å². The van der Waals surface area contributed by atoms with E-state index in [1.807, 2.05) is 37.3 Å². The largest absolute Gasteiger partial charge is 0.488 e. The van der Waals surface area contributed by atoms with E-state index >= 15 is 0 Å². The van der Waals surface area contributed by atoms with Crippen LogP contribution in [0.15, 0.2) is 76.9 Å². The third-order valence-corrected chi connectivity index (χ3v) is 5.47. The average Bonchev–Trinajstić information content (AvgIpc) is 3.02. The van der Waals surface area contributed by atoms with Crippen LogP contribution in [0.5, 0.6) is 5.75 Å². The summed E-state index contributed by atoms with van der Waals surface area (Å²) in [6.07, 6.45) is 1.58. The molecule has 1 aliphatic heterocycles. The predicted molar refractivity (Wildman–Crippen MR) is 123 cm³/mol. The number of urea groups is 1. The van der Waals surface area contributed by atoms with Gasteiger partial charge in [0.1, 0.15) is 23.9 Å². The maximum absolute atomic E-state index is 13.4. The highest BCUT2D eigenvalue weighted by Crippen LogP contribution is 2.28.